The van der Waals surface area contributed by atoms with E-state index in [0.29, 0.717) is 58.0 Å². The molecule has 1 rings (SSSR count). The molecule has 0 bridgehead atoms. The minimum absolute atomic E-state index is 0.0862. The third-order valence-corrected chi connectivity index (χ3v) is 13.2. The maximum atomic E-state index is 14.2. The summed E-state index contributed by atoms with van der Waals surface area (Å²) >= 11 is 0. The fourth-order valence-electron chi connectivity index (χ4n) is 8.06. The number of carbonyl (C=O) groups is 10. The monoisotopic (exact) mass is 1020 g/mol. The van der Waals surface area contributed by atoms with Gasteiger partial charge in [-0.05, 0) is 63.7 Å². The van der Waals surface area contributed by atoms with Crippen LogP contribution in [0.3, 0.4) is 0 Å². The van der Waals surface area contributed by atoms with Crippen molar-refractivity contribution in [2.75, 3.05) is 46.8 Å². The lowest BCUT2D eigenvalue weighted by atomic mass is 9.93. The van der Waals surface area contributed by atoms with Crippen LogP contribution < -0.4 is 48.7 Å². The second-order valence-electron chi connectivity index (χ2n) is 18.9. The second kappa shape index (κ2) is 32.1. The van der Waals surface area contributed by atoms with Crippen molar-refractivity contribution in [3.05, 3.63) is 0 Å². The molecule has 410 valence electrons. The molecule has 0 spiro atoms. The Labute approximate surface area is 425 Å². The Hall–Kier alpha value is -6.07. The Morgan fingerprint density at radius 1 is 0.694 bits per heavy atom. The smallest absolute Gasteiger partial charge is 0.245 e. The van der Waals surface area contributed by atoms with E-state index in [2.05, 4.69) is 42.2 Å². The average molecular weight is 1020 g/mol. The van der Waals surface area contributed by atoms with E-state index in [1.54, 1.807) is 41.5 Å². The first-order valence-electron chi connectivity index (χ1n) is 25.4. The zero-order valence-electron chi connectivity index (χ0n) is 44.7. The summed E-state index contributed by atoms with van der Waals surface area (Å²) in [5.74, 6) is -7.70. The van der Waals surface area contributed by atoms with Crippen LogP contribution in [0.2, 0.25) is 0 Å². The van der Waals surface area contributed by atoms with Gasteiger partial charge in [0.2, 0.25) is 59.1 Å². The summed E-state index contributed by atoms with van der Waals surface area (Å²) in [4.78, 5) is 142. The Morgan fingerprint density at radius 3 is 1.74 bits per heavy atom. The summed E-state index contributed by atoms with van der Waals surface area (Å²) < 4.78 is 0. The predicted octanol–water partition coefficient (Wildman–Crippen LogP) is -1.67. The van der Waals surface area contributed by atoms with Gasteiger partial charge in [-0.2, -0.15) is 0 Å². The molecule has 1 unspecified atom stereocenters. The number of nitrogens with two attached hydrogens (primary N) is 2. The standard InChI is InChI=1S/C48H87N13O11/c1-13-20-32(41(66)56-37(27(6)14-2)43(68)55-33(21-18-23-52-48(49)50)47(72)61-24-19-22-34(61)42(67)51-17-5)54-45(70)39(30(9)62)58-44(69)38(28(7)15-3)57-46(71)40(29(8)16-4)60(12)36(65)25-53-35(64)26-59(11)31(10)63/h27-30,32-34,37-40,62H,13-26H2,1-12H3,(H,51,67)(H,53,64)(H,54,70)(H,55,68)(H,56,66)(H,57,71)(H,58,69)(H4,49,50,52)/t27-,28-,29?,30+,32-,33-,34-,37-,38-,39-,40-/m0/s1. The highest BCUT2D eigenvalue weighted by Crippen LogP contribution is 2.21. The minimum atomic E-state index is -1.62. The summed E-state index contributed by atoms with van der Waals surface area (Å²) in [6.45, 7) is 16.8. The minimum Gasteiger partial charge on any atom is -0.391 e. The van der Waals surface area contributed by atoms with Gasteiger partial charge in [-0.25, -0.2) is 0 Å². The van der Waals surface area contributed by atoms with E-state index in [1.165, 1.54) is 42.6 Å². The molecule has 1 fully saturated rings. The molecule has 0 radical (unpaired) electrons. The summed E-state index contributed by atoms with van der Waals surface area (Å²) in [6, 6.07) is -8.25. The fourth-order valence-corrected chi connectivity index (χ4v) is 8.06. The molecule has 1 aliphatic heterocycles. The van der Waals surface area contributed by atoms with E-state index in [0.717, 1.165) is 0 Å². The molecule has 24 heteroatoms. The van der Waals surface area contributed by atoms with Crippen LogP contribution in [0.25, 0.3) is 0 Å². The van der Waals surface area contributed by atoms with Gasteiger partial charge in [0.15, 0.2) is 5.96 Å². The van der Waals surface area contributed by atoms with Crippen molar-refractivity contribution in [3.8, 4) is 0 Å². The first kappa shape index (κ1) is 63.9. The number of rotatable bonds is 31. The van der Waals surface area contributed by atoms with E-state index in [9.17, 15) is 53.1 Å². The summed E-state index contributed by atoms with van der Waals surface area (Å²) in [5.41, 5.74) is 11.0. The largest absolute Gasteiger partial charge is 0.391 e. The molecule has 1 aliphatic rings. The lowest BCUT2D eigenvalue weighted by Gasteiger charge is -2.34. The van der Waals surface area contributed by atoms with Crippen LogP contribution in [-0.2, 0) is 47.9 Å². The molecule has 0 saturated carbocycles. The molecule has 12 N–H and O–H groups in total. The second-order valence-corrected chi connectivity index (χ2v) is 18.9. The molecule has 24 nitrogen and oxygen atoms in total. The summed E-state index contributed by atoms with van der Waals surface area (Å²) in [7, 11) is 2.83. The number of likely N-dealkylation sites (N-methyl/N-ethyl adjacent to an activating group) is 3. The van der Waals surface area contributed by atoms with E-state index in [-0.39, 0.29) is 43.7 Å². The van der Waals surface area contributed by atoms with Gasteiger partial charge < -0.3 is 68.5 Å². The van der Waals surface area contributed by atoms with Gasteiger partial charge in [-0.1, -0.05) is 74.1 Å². The number of amides is 10. The molecule has 0 aromatic rings. The highest BCUT2D eigenvalue weighted by molar-refractivity contribution is 5.98. The van der Waals surface area contributed by atoms with Crippen LogP contribution in [0.15, 0.2) is 4.99 Å². The van der Waals surface area contributed by atoms with Gasteiger partial charge in [-0.3, -0.25) is 52.9 Å². The first-order valence-corrected chi connectivity index (χ1v) is 25.4. The molecule has 0 aromatic heterocycles. The van der Waals surface area contributed by atoms with Gasteiger partial charge >= 0.3 is 0 Å². The van der Waals surface area contributed by atoms with Crippen LogP contribution in [0, 0.1) is 17.8 Å². The Morgan fingerprint density at radius 2 is 1.22 bits per heavy atom. The number of aliphatic hydroxyl groups is 1. The predicted molar refractivity (Wildman–Crippen MR) is 271 cm³/mol. The lowest BCUT2D eigenvalue weighted by Crippen LogP contribution is -2.63. The van der Waals surface area contributed by atoms with Crippen molar-refractivity contribution in [2.24, 2.45) is 34.2 Å². The average Bonchev–Trinajstić information content (AvgIpc) is 3.83. The van der Waals surface area contributed by atoms with Gasteiger partial charge in [-0.15, -0.1) is 0 Å². The number of nitrogens with zero attached hydrogens (tertiary/aromatic N) is 4. The number of hydrogen-bond acceptors (Lipinski definition) is 12. The number of nitrogens with one attached hydrogen (secondary N) is 7. The van der Waals surface area contributed by atoms with Gasteiger partial charge in [0.1, 0.15) is 42.3 Å². The van der Waals surface area contributed by atoms with E-state index in [1.807, 2.05) is 13.8 Å². The topological polar surface area (TPSA) is 349 Å². The van der Waals surface area contributed by atoms with E-state index < -0.39 is 120 Å². The van der Waals surface area contributed by atoms with Crippen LogP contribution in [-0.4, -0.2) is 180 Å². The normalized spacial score (nSPS) is 17.3. The fraction of sp³-hybridized carbons (Fsp3) is 0.771. The SMILES string of the molecule is CCC[C@H](NC(=O)[C@@H](NC(=O)[C@@H](NC(=O)[C@H](C(C)CC)N(C)C(=O)CNC(=O)CN(C)C(C)=O)[C@@H](C)CC)[C@@H](C)O)C(=O)N[C@H](C(=O)N[C@@H](CCCN=C(N)N)C(=O)N1CCC[C@H]1C(=O)NCC)[C@@H](C)CC. The Balaban J connectivity index is 3.38. The van der Waals surface area contributed by atoms with Crippen LogP contribution in [0.1, 0.15) is 127 Å². The maximum absolute atomic E-state index is 14.2. The molecule has 11 atom stereocenters. The van der Waals surface area contributed by atoms with Crippen LogP contribution >= 0.6 is 0 Å². The molecular formula is C48H87N13O11. The zero-order valence-corrected chi connectivity index (χ0v) is 44.7. The van der Waals surface area contributed by atoms with E-state index >= 15 is 0 Å². The van der Waals surface area contributed by atoms with Crippen LogP contribution in [0.4, 0.5) is 0 Å². The van der Waals surface area contributed by atoms with Crippen molar-refractivity contribution in [1.29, 1.82) is 0 Å². The quantitative estimate of drug-likeness (QED) is 0.0211. The number of carbonyl (C=O) groups excluding carboxylic acids is 10. The highest BCUT2D eigenvalue weighted by atomic mass is 16.3. The third kappa shape index (κ3) is 20.2. The van der Waals surface area contributed by atoms with Crippen molar-refractivity contribution >= 4 is 65.0 Å². The maximum Gasteiger partial charge on any atom is 0.245 e. The summed E-state index contributed by atoms with van der Waals surface area (Å²) in [5, 5.41) is 29.6. The van der Waals surface area contributed by atoms with Gasteiger partial charge in [0.05, 0.1) is 19.2 Å². The zero-order chi connectivity index (χ0) is 55.0. The Bertz CT molecular complexity index is 1880. The molecule has 1 saturated heterocycles. The van der Waals surface area contributed by atoms with Crippen molar-refractivity contribution in [1.82, 2.24) is 51.9 Å². The van der Waals surface area contributed by atoms with Crippen molar-refractivity contribution < 1.29 is 53.1 Å². The van der Waals surface area contributed by atoms with E-state index in [4.69, 9.17) is 11.5 Å². The van der Waals surface area contributed by atoms with Crippen molar-refractivity contribution in [2.45, 2.75) is 175 Å². The summed E-state index contributed by atoms with van der Waals surface area (Å²) in [6.07, 6.45) is 1.68. The number of likely N-dealkylation sites (tertiary alicyclic amines) is 1. The molecular weight excluding hydrogens is 935 g/mol. The highest BCUT2D eigenvalue weighted by Gasteiger charge is 2.41. The lowest BCUT2D eigenvalue weighted by molar-refractivity contribution is -0.143. The number of aliphatic imine (C=N–C) groups is 1. The van der Waals surface area contributed by atoms with Gasteiger partial charge in [0, 0.05) is 40.7 Å². The molecule has 72 heavy (non-hydrogen) atoms. The third-order valence-electron chi connectivity index (χ3n) is 13.2. The first-order chi connectivity index (χ1) is 33.8. The number of guanidine groups is 1. The molecule has 0 aromatic carbocycles. The van der Waals surface area contributed by atoms with Crippen molar-refractivity contribution in [3.63, 3.8) is 0 Å². The Kier molecular flexibility index (Phi) is 28.5. The number of hydrogen-bond donors (Lipinski definition) is 10. The molecule has 0 aliphatic carbocycles. The molecule has 1 heterocycles. The van der Waals surface area contributed by atoms with Crippen LogP contribution in [0.5, 0.6) is 0 Å². The number of aliphatic hydroxyl groups excluding tert-OH is 1. The molecule has 10 amide bonds. The van der Waals surface area contributed by atoms with Gasteiger partial charge in [0.25, 0.3) is 0 Å².